The summed E-state index contributed by atoms with van der Waals surface area (Å²) < 4.78 is 0. The van der Waals surface area contributed by atoms with Gasteiger partial charge in [0.1, 0.15) is 5.56 Å². The Hall–Kier alpha value is -2.63. The predicted octanol–water partition coefficient (Wildman–Crippen LogP) is 6.61. The minimum absolute atomic E-state index is 0.100. The molecule has 0 saturated heterocycles. The van der Waals surface area contributed by atoms with Crippen molar-refractivity contribution >= 4 is 40.5 Å². The second kappa shape index (κ2) is 9.02. The first kappa shape index (κ1) is 22.1. The lowest BCUT2D eigenvalue weighted by Gasteiger charge is -2.29. The van der Waals surface area contributed by atoms with E-state index in [9.17, 15) is 14.7 Å². The Morgan fingerprint density at radius 2 is 1.70 bits per heavy atom. The molecule has 0 bridgehead atoms. The summed E-state index contributed by atoms with van der Waals surface area (Å²) in [6, 6.07) is 16.8. The molecule has 156 valence electrons. The number of carboxylic acid groups (broad SMARTS) is 1. The Morgan fingerprint density at radius 1 is 1.07 bits per heavy atom. The van der Waals surface area contributed by atoms with Crippen molar-refractivity contribution in [2.24, 2.45) is 11.3 Å². The van der Waals surface area contributed by atoms with E-state index in [1.165, 1.54) is 11.3 Å². The van der Waals surface area contributed by atoms with E-state index in [4.69, 9.17) is 11.6 Å². The van der Waals surface area contributed by atoms with Crippen LogP contribution in [0.15, 0.2) is 60.0 Å². The van der Waals surface area contributed by atoms with E-state index in [0.29, 0.717) is 22.0 Å². The molecule has 1 atom stereocenters. The Bertz CT molecular complexity index is 1040. The van der Waals surface area contributed by atoms with Crippen LogP contribution in [0.5, 0.6) is 0 Å². The number of hydrogen-bond donors (Lipinski definition) is 2. The fourth-order valence-corrected chi connectivity index (χ4v) is 4.46. The highest BCUT2D eigenvalue weighted by Gasteiger charge is 2.32. The lowest BCUT2D eigenvalue weighted by atomic mass is 9.76. The summed E-state index contributed by atoms with van der Waals surface area (Å²) in [6.07, 6.45) is 0.576. The van der Waals surface area contributed by atoms with Crippen LogP contribution >= 0.6 is 22.9 Å². The monoisotopic (exact) mass is 441 g/mol. The highest BCUT2D eigenvalue weighted by molar-refractivity contribution is 7.14. The summed E-state index contributed by atoms with van der Waals surface area (Å²) in [6.45, 7) is 6.06. The summed E-state index contributed by atoms with van der Waals surface area (Å²) in [5, 5.41) is 15.0. The number of rotatable bonds is 6. The topological polar surface area (TPSA) is 66.4 Å². The Morgan fingerprint density at radius 3 is 2.27 bits per heavy atom. The Labute approximate surface area is 185 Å². The van der Waals surface area contributed by atoms with Crippen LogP contribution in [0.4, 0.5) is 5.69 Å². The first-order chi connectivity index (χ1) is 14.2. The summed E-state index contributed by atoms with van der Waals surface area (Å²) in [7, 11) is 0. The molecule has 0 aliphatic rings. The normalized spacial score (nSPS) is 12.4. The van der Waals surface area contributed by atoms with Crippen LogP contribution in [-0.2, 0) is 11.2 Å². The van der Waals surface area contributed by atoms with E-state index < -0.39 is 5.97 Å². The number of carbonyl (C=O) groups is 2. The molecule has 1 aromatic heterocycles. The first-order valence-electron chi connectivity index (χ1n) is 9.62. The molecular weight excluding hydrogens is 418 g/mol. The average molecular weight is 442 g/mol. The maximum absolute atomic E-state index is 13.2. The number of carbonyl (C=O) groups excluding carboxylic acids is 1. The smallest absolute Gasteiger partial charge is 0.339 e. The second-order valence-corrected chi connectivity index (χ2v) is 9.58. The van der Waals surface area contributed by atoms with Crippen molar-refractivity contribution in [1.82, 2.24) is 0 Å². The van der Waals surface area contributed by atoms with Crippen LogP contribution in [0.1, 0.15) is 36.7 Å². The number of aromatic carboxylic acids is 1. The first-order valence-corrected chi connectivity index (χ1v) is 10.9. The molecule has 3 rings (SSSR count). The third-order valence-electron chi connectivity index (χ3n) is 5.01. The minimum atomic E-state index is -1.08. The van der Waals surface area contributed by atoms with E-state index >= 15 is 0 Å². The van der Waals surface area contributed by atoms with Crippen LogP contribution < -0.4 is 5.32 Å². The Balaban J connectivity index is 1.91. The molecule has 1 heterocycles. The zero-order valence-electron chi connectivity index (χ0n) is 17.1. The standard InChI is InChI=1S/C24H24ClNO3S/c1-24(2,3)18(13-15-7-5-4-6-8-15)22(27)26-19-14-30-21(20(19)23(28)29)16-9-11-17(25)12-10-16/h4-12,14,18H,13H2,1-3H3,(H,26,27)(H,28,29). The van der Waals surface area contributed by atoms with Gasteiger partial charge in [-0.1, -0.05) is 74.8 Å². The molecule has 2 aromatic carbocycles. The lowest BCUT2D eigenvalue weighted by Crippen LogP contribution is -2.35. The van der Waals surface area contributed by atoms with Crippen LogP contribution in [0.25, 0.3) is 10.4 Å². The highest BCUT2D eigenvalue weighted by atomic mass is 35.5. The largest absolute Gasteiger partial charge is 0.478 e. The maximum Gasteiger partial charge on any atom is 0.339 e. The fraction of sp³-hybridized carbons (Fsp3) is 0.250. The molecule has 0 fully saturated rings. The molecule has 6 heteroatoms. The van der Waals surface area contributed by atoms with Gasteiger partial charge in [0, 0.05) is 16.3 Å². The van der Waals surface area contributed by atoms with Gasteiger partial charge < -0.3 is 10.4 Å². The molecular formula is C24H24ClNO3S. The van der Waals surface area contributed by atoms with Gasteiger partial charge in [-0.2, -0.15) is 0 Å². The molecule has 0 saturated carbocycles. The summed E-state index contributed by atoms with van der Waals surface area (Å²) >= 11 is 7.24. The molecule has 1 amide bonds. The molecule has 30 heavy (non-hydrogen) atoms. The summed E-state index contributed by atoms with van der Waals surface area (Å²) in [5.41, 5.74) is 1.95. The van der Waals surface area contributed by atoms with E-state index in [1.54, 1.807) is 29.6 Å². The number of benzene rings is 2. The molecule has 2 N–H and O–H groups in total. The molecule has 0 spiro atoms. The highest BCUT2D eigenvalue weighted by Crippen LogP contribution is 2.38. The van der Waals surface area contributed by atoms with Gasteiger partial charge in [0.05, 0.1) is 10.6 Å². The summed E-state index contributed by atoms with van der Waals surface area (Å²) in [4.78, 5) is 25.8. The summed E-state index contributed by atoms with van der Waals surface area (Å²) in [5.74, 6) is -1.58. The van der Waals surface area contributed by atoms with Crippen molar-refractivity contribution in [3.05, 3.63) is 76.1 Å². The minimum Gasteiger partial charge on any atom is -0.478 e. The number of carboxylic acids is 1. The van der Waals surface area contributed by atoms with Crippen LogP contribution in [0.3, 0.4) is 0 Å². The number of hydrogen-bond acceptors (Lipinski definition) is 3. The van der Waals surface area contributed by atoms with Gasteiger partial charge in [-0.15, -0.1) is 11.3 Å². The van der Waals surface area contributed by atoms with Gasteiger partial charge in [0.25, 0.3) is 0 Å². The van der Waals surface area contributed by atoms with Gasteiger partial charge in [-0.3, -0.25) is 4.79 Å². The molecule has 4 nitrogen and oxygen atoms in total. The molecule has 1 unspecified atom stereocenters. The van der Waals surface area contributed by atoms with Crippen molar-refractivity contribution in [3.8, 4) is 10.4 Å². The van der Waals surface area contributed by atoms with E-state index in [1.807, 2.05) is 51.1 Å². The second-order valence-electron chi connectivity index (χ2n) is 8.26. The number of halogens is 1. The van der Waals surface area contributed by atoms with Crippen molar-refractivity contribution in [1.29, 1.82) is 0 Å². The van der Waals surface area contributed by atoms with Gasteiger partial charge >= 0.3 is 5.97 Å². The molecule has 0 aliphatic heterocycles. The van der Waals surface area contributed by atoms with Crippen molar-refractivity contribution < 1.29 is 14.7 Å². The lowest BCUT2D eigenvalue weighted by molar-refractivity contribution is -0.122. The fourth-order valence-electron chi connectivity index (χ4n) is 3.34. The van der Waals surface area contributed by atoms with Gasteiger partial charge in [0.2, 0.25) is 5.91 Å². The maximum atomic E-state index is 13.2. The number of nitrogens with one attached hydrogen (secondary N) is 1. The molecule has 0 radical (unpaired) electrons. The zero-order chi connectivity index (χ0) is 21.9. The third kappa shape index (κ3) is 5.10. The van der Waals surface area contributed by atoms with Crippen molar-refractivity contribution in [2.75, 3.05) is 5.32 Å². The predicted molar refractivity (Wildman–Crippen MR) is 123 cm³/mol. The van der Waals surface area contributed by atoms with Crippen molar-refractivity contribution in [2.45, 2.75) is 27.2 Å². The Kier molecular flexibility index (Phi) is 6.64. The molecule has 0 aliphatic carbocycles. The number of thiophene rings is 1. The quantitative estimate of drug-likeness (QED) is 0.452. The number of anilines is 1. The van der Waals surface area contributed by atoms with Crippen LogP contribution in [0.2, 0.25) is 5.02 Å². The van der Waals surface area contributed by atoms with Gasteiger partial charge in [-0.05, 0) is 35.1 Å². The van der Waals surface area contributed by atoms with Gasteiger partial charge in [-0.25, -0.2) is 4.79 Å². The van der Waals surface area contributed by atoms with Crippen LogP contribution in [-0.4, -0.2) is 17.0 Å². The van der Waals surface area contributed by atoms with Crippen molar-refractivity contribution in [3.63, 3.8) is 0 Å². The SMILES string of the molecule is CC(C)(C)C(Cc1ccccc1)C(=O)Nc1csc(-c2ccc(Cl)cc2)c1C(=O)O. The average Bonchev–Trinajstić information content (AvgIpc) is 3.10. The third-order valence-corrected chi connectivity index (χ3v) is 6.29. The van der Waals surface area contributed by atoms with E-state index in [0.717, 1.165) is 11.1 Å². The number of amides is 1. The van der Waals surface area contributed by atoms with E-state index in [2.05, 4.69) is 5.32 Å². The van der Waals surface area contributed by atoms with Gasteiger partial charge in [0.15, 0.2) is 0 Å². The zero-order valence-corrected chi connectivity index (χ0v) is 18.7. The van der Waals surface area contributed by atoms with Crippen LogP contribution in [0, 0.1) is 11.3 Å². The molecule has 3 aromatic rings. The van der Waals surface area contributed by atoms with E-state index in [-0.39, 0.29) is 22.8 Å².